The van der Waals surface area contributed by atoms with Crippen molar-refractivity contribution in [1.82, 2.24) is 0 Å². The van der Waals surface area contributed by atoms with E-state index in [9.17, 15) is 10.1 Å². The predicted molar refractivity (Wildman–Crippen MR) is 63.9 cm³/mol. The third kappa shape index (κ3) is 4.83. The maximum absolute atomic E-state index is 10.4. The zero-order valence-corrected chi connectivity index (χ0v) is 9.20. The van der Waals surface area contributed by atoms with Crippen LogP contribution in [0, 0.1) is 10.1 Å². The van der Waals surface area contributed by atoms with Crippen LogP contribution in [0.15, 0.2) is 29.3 Å². The summed E-state index contributed by atoms with van der Waals surface area (Å²) in [5.74, 6) is 0.639. The molecule has 1 aromatic rings. The van der Waals surface area contributed by atoms with E-state index < -0.39 is 4.92 Å². The molecule has 0 radical (unpaired) electrons. The standard InChI is InChI=1S/C10H14N4O3/c11-10(12)13-6-1-7-17-9-4-2-8(3-5-9)14(15)16/h2-5H,1,6-7H2,(H4,11,12,13). The van der Waals surface area contributed by atoms with E-state index in [1.54, 1.807) is 12.1 Å². The van der Waals surface area contributed by atoms with Crippen molar-refractivity contribution in [1.29, 1.82) is 0 Å². The van der Waals surface area contributed by atoms with E-state index in [1.807, 2.05) is 0 Å². The van der Waals surface area contributed by atoms with Gasteiger partial charge in [-0.2, -0.15) is 0 Å². The molecular formula is C10H14N4O3. The Balaban J connectivity index is 2.32. The zero-order valence-electron chi connectivity index (χ0n) is 9.20. The van der Waals surface area contributed by atoms with E-state index in [2.05, 4.69) is 4.99 Å². The van der Waals surface area contributed by atoms with Crippen LogP contribution in [0.5, 0.6) is 5.75 Å². The molecule has 1 rings (SSSR count). The fourth-order valence-electron chi connectivity index (χ4n) is 1.13. The molecule has 0 saturated heterocycles. The molecular weight excluding hydrogens is 224 g/mol. The summed E-state index contributed by atoms with van der Waals surface area (Å²) in [5, 5.41) is 10.4. The molecule has 0 aliphatic heterocycles. The van der Waals surface area contributed by atoms with E-state index >= 15 is 0 Å². The minimum absolute atomic E-state index is 0.0397. The average Bonchev–Trinajstić information content (AvgIpc) is 2.29. The summed E-state index contributed by atoms with van der Waals surface area (Å²) in [6.45, 7) is 0.948. The fraction of sp³-hybridized carbons (Fsp3) is 0.300. The van der Waals surface area contributed by atoms with Crippen LogP contribution in [0.2, 0.25) is 0 Å². The minimum atomic E-state index is -0.456. The molecule has 0 aliphatic carbocycles. The second-order valence-corrected chi connectivity index (χ2v) is 3.26. The highest BCUT2D eigenvalue weighted by Crippen LogP contribution is 2.17. The Hall–Kier alpha value is -2.31. The van der Waals surface area contributed by atoms with Crippen LogP contribution in [0.4, 0.5) is 5.69 Å². The molecule has 7 heteroatoms. The van der Waals surface area contributed by atoms with Crippen molar-refractivity contribution in [2.24, 2.45) is 16.5 Å². The zero-order chi connectivity index (χ0) is 12.7. The first kappa shape index (κ1) is 12.8. The van der Waals surface area contributed by atoms with Crippen molar-refractivity contribution in [3.8, 4) is 5.75 Å². The van der Waals surface area contributed by atoms with Crippen molar-refractivity contribution in [2.75, 3.05) is 13.2 Å². The first-order chi connectivity index (χ1) is 8.09. The Morgan fingerprint density at radius 3 is 2.53 bits per heavy atom. The lowest BCUT2D eigenvalue weighted by Gasteiger charge is -2.04. The summed E-state index contributed by atoms with van der Waals surface area (Å²) in [6.07, 6.45) is 0.675. The first-order valence-corrected chi connectivity index (χ1v) is 5.02. The van der Waals surface area contributed by atoms with Gasteiger partial charge in [0, 0.05) is 25.1 Å². The number of rotatable bonds is 6. The van der Waals surface area contributed by atoms with Crippen LogP contribution in [-0.4, -0.2) is 24.0 Å². The molecule has 0 unspecified atom stereocenters. The second kappa shape index (κ2) is 6.31. The molecule has 92 valence electrons. The Labute approximate surface area is 98.2 Å². The Morgan fingerprint density at radius 2 is 2.00 bits per heavy atom. The highest BCUT2D eigenvalue weighted by Gasteiger charge is 2.03. The van der Waals surface area contributed by atoms with E-state index in [0.29, 0.717) is 25.3 Å². The quantitative estimate of drug-likeness (QED) is 0.248. The van der Waals surface area contributed by atoms with Crippen LogP contribution >= 0.6 is 0 Å². The molecule has 0 amide bonds. The topological polar surface area (TPSA) is 117 Å². The number of nitro benzene ring substituents is 1. The van der Waals surface area contributed by atoms with Gasteiger partial charge in [-0.05, 0) is 12.1 Å². The number of non-ortho nitro benzene ring substituents is 1. The molecule has 0 bridgehead atoms. The van der Waals surface area contributed by atoms with Gasteiger partial charge in [-0.25, -0.2) is 0 Å². The number of benzene rings is 1. The van der Waals surface area contributed by atoms with Crippen LogP contribution < -0.4 is 16.2 Å². The second-order valence-electron chi connectivity index (χ2n) is 3.26. The summed E-state index contributed by atoms with van der Waals surface area (Å²) >= 11 is 0. The number of nitro groups is 1. The minimum Gasteiger partial charge on any atom is -0.494 e. The van der Waals surface area contributed by atoms with Crippen LogP contribution in [0.25, 0.3) is 0 Å². The lowest BCUT2D eigenvalue weighted by molar-refractivity contribution is -0.384. The van der Waals surface area contributed by atoms with Crippen molar-refractivity contribution >= 4 is 11.6 Å². The molecule has 7 nitrogen and oxygen atoms in total. The van der Waals surface area contributed by atoms with Gasteiger partial charge in [-0.15, -0.1) is 0 Å². The van der Waals surface area contributed by atoms with Crippen LogP contribution in [0.1, 0.15) is 6.42 Å². The van der Waals surface area contributed by atoms with Gasteiger partial charge in [0.25, 0.3) is 5.69 Å². The third-order valence-corrected chi connectivity index (χ3v) is 1.91. The maximum atomic E-state index is 10.4. The van der Waals surface area contributed by atoms with Gasteiger partial charge in [-0.3, -0.25) is 15.1 Å². The molecule has 0 fully saturated rings. The Morgan fingerprint density at radius 1 is 1.35 bits per heavy atom. The molecule has 17 heavy (non-hydrogen) atoms. The number of nitrogens with two attached hydrogens (primary N) is 2. The fourth-order valence-corrected chi connectivity index (χ4v) is 1.13. The Bertz CT molecular complexity index is 399. The predicted octanol–water partition coefficient (Wildman–Crippen LogP) is 0.637. The van der Waals surface area contributed by atoms with Crippen molar-refractivity contribution in [2.45, 2.75) is 6.42 Å². The van der Waals surface area contributed by atoms with Gasteiger partial charge in [0.2, 0.25) is 0 Å². The van der Waals surface area contributed by atoms with Gasteiger partial charge in [0.1, 0.15) is 5.75 Å². The van der Waals surface area contributed by atoms with Crippen LogP contribution in [0.3, 0.4) is 0 Å². The van der Waals surface area contributed by atoms with E-state index in [4.69, 9.17) is 16.2 Å². The van der Waals surface area contributed by atoms with E-state index in [-0.39, 0.29) is 11.6 Å². The van der Waals surface area contributed by atoms with Gasteiger partial charge in [0.05, 0.1) is 11.5 Å². The number of hydrogen-bond acceptors (Lipinski definition) is 4. The lowest BCUT2D eigenvalue weighted by atomic mass is 10.3. The molecule has 0 spiro atoms. The van der Waals surface area contributed by atoms with Crippen molar-refractivity contribution in [3.05, 3.63) is 34.4 Å². The number of guanidine groups is 1. The van der Waals surface area contributed by atoms with Gasteiger partial charge in [0.15, 0.2) is 5.96 Å². The molecule has 1 aromatic carbocycles. The number of ether oxygens (including phenoxy) is 1. The number of hydrogen-bond donors (Lipinski definition) is 2. The number of nitrogens with zero attached hydrogens (tertiary/aromatic N) is 2. The van der Waals surface area contributed by atoms with E-state index in [0.717, 1.165) is 0 Å². The number of aliphatic imine (C=N–C) groups is 1. The average molecular weight is 238 g/mol. The SMILES string of the molecule is NC(N)=NCCCOc1ccc([N+](=O)[O-])cc1. The monoisotopic (exact) mass is 238 g/mol. The molecule has 0 heterocycles. The lowest BCUT2D eigenvalue weighted by Crippen LogP contribution is -2.23. The van der Waals surface area contributed by atoms with Gasteiger partial charge < -0.3 is 16.2 Å². The summed E-state index contributed by atoms with van der Waals surface area (Å²) < 4.78 is 5.35. The Kier molecular flexibility index (Phi) is 4.74. The first-order valence-electron chi connectivity index (χ1n) is 5.02. The molecule has 0 atom stereocenters. The van der Waals surface area contributed by atoms with Crippen molar-refractivity contribution in [3.63, 3.8) is 0 Å². The normalized spacial score (nSPS) is 9.65. The third-order valence-electron chi connectivity index (χ3n) is 1.91. The molecule has 0 aromatic heterocycles. The molecule has 0 saturated carbocycles. The molecule has 0 aliphatic rings. The van der Waals surface area contributed by atoms with Gasteiger partial charge >= 0.3 is 0 Å². The summed E-state index contributed by atoms with van der Waals surface area (Å²) in [5.41, 5.74) is 10.3. The summed E-state index contributed by atoms with van der Waals surface area (Å²) in [7, 11) is 0. The highest BCUT2D eigenvalue weighted by molar-refractivity contribution is 5.75. The largest absolute Gasteiger partial charge is 0.494 e. The van der Waals surface area contributed by atoms with Crippen molar-refractivity contribution < 1.29 is 9.66 Å². The summed E-state index contributed by atoms with van der Waals surface area (Å²) in [6, 6.07) is 5.90. The summed E-state index contributed by atoms with van der Waals surface area (Å²) in [4.78, 5) is 13.7. The van der Waals surface area contributed by atoms with Gasteiger partial charge in [-0.1, -0.05) is 0 Å². The van der Waals surface area contributed by atoms with E-state index in [1.165, 1.54) is 12.1 Å². The maximum Gasteiger partial charge on any atom is 0.269 e. The highest BCUT2D eigenvalue weighted by atomic mass is 16.6. The molecule has 4 N–H and O–H groups in total. The smallest absolute Gasteiger partial charge is 0.269 e. The van der Waals surface area contributed by atoms with Crippen LogP contribution in [-0.2, 0) is 0 Å².